The van der Waals surface area contributed by atoms with Crippen molar-refractivity contribution in [3.05, 3.63) is 58.6 Å². The molecule has 0 saturated heterocycles. The van der Waals surface area contributed by atoms with Gasteiger partial charge in [0.15, 0.2) is 0 Å². The van der Waals surface area contributed by atoms with E-state index in [0.717, 1.165) is 17.7 Å². The molecule has 0 unspecified atom stereocenters. The Hall–Kier alpha value is -2.30. The van der Waals surface area contributed by atoms with Gasteiger partial charge in [0.25, 0.3) is 0 Å². The Labute approximate surface area is 184 Å². The molecule has 0 fully saturated rings. The Morgan fingerprint density at radius 1 is 1.16 bits per heavy atom. The Morgan fingerprint density at radius 2 is 1.81 bits per heavy atom. The fourth-order valence-corrected chi connectivity index (χ4v) is 4.03. The van der Waals surface area contributed by atoms with Crippen molar-refractivity contribution in [2.75, 3.05) is 20.2 Å². The number of methoxy groups -OCH3 is 1. The summed E-state index contributed by atoms with van der Waals surface area (Å²) in [5, 5.41) is -0.598. The van der Waals surface area contributed by atoms with Gasteiger partial charge in [-0.3, -0.25) is 4.79 Å². The second-order valence-corrected chi connectivity index (χ2v) is 8.72. The van der Waals surface area contributed by atoms with Crippen LogP contribution in [0.5, 0.6) is 5.75 Å². The number of sulfonamides is 1. The molecule has 0 heterocycles. The minimum atomic E-state index is -4.79. The second kappa shape index (κ2) is 10.3. The van der Waals surface area contributed by atoms with Gasteiger partial charge in [-0.1, -0.05) is 23.7 Å². The summed E-state index contributed by atoms with van der Waals surface area (Å²) in [4.78, 5) is 13.4. The zero-order valence-corrected chi connectivity index (χ0v) is 18.4. The van der Waals surface area contributed by atoms with Gasteiger partial charge in [0, 0.05) is 26.1 Å². The van der Waals surface area contributed by atoms with Crippen molar-refractivity contribution >= 4 is 27.5 Å². The zero-order chi connectivity index (χ0) is 23.2. The van der Waals surface area contributed by atoms with Gasteiger partial charge in [-0.2, -0.15) is 13.2 Å². The third kappa shape index (κ3) is 6.84. The average molecular weight is 479 g/mol. The Morgan fingerprint density at radius 3 is 2.35 bits per heavy atom. The van der Waals surface area contributed by atoms with Crippen LogP contribution < -0.4 is 9.46 Å². The van der Waals surface area contributed by atoms with E-state index < -0.39 is 31.7 Å². The van der Waals surface area contributed by atoms with Gasteiger partial charge in [-0.05, 0) is 42.8 Å². The standard InChI is InChI=1S/C20H22ClF3N2O4S/c1-3-26(13-14-4-6-15(30-2)7-5-14)19(27)10-11-25-31(28,29)16-8-9-18(21)17(12-16)20(22,23)24/h4-9,12,25H,3,10-11,13H2,1-2H3. The normalized spacial score (nSPS) is 11.9. The number of nitrogens with zero attached hydrogens (tertiary/aromatic N) is 1. The lowest BCUT2D eigenvalue weighted by atomic mass is 10.2. The summed E-state index contributed by atoms with van der Waals surface area (Å²) >= 11 is 5.52. The van der Waals surface area contributed by atoms with Gasteiger partial charge in [0.1, 0.15) is 5.75 Å². The number of carbonyl (C=O) groups is 1. The summed E-state index contributed by atoms with van der Waals surface area (Å²) in [6, 6.07) is 9.48. The molecule has 170 valence electrons. The number of alkyl halides is 3. The van der Waals surface area contributed by atoms with Crippen LogP contribution in [0.1, 0.15) is 24.5 Å². The Kier molecular flexibility index (Phi) is 8.33. The molecule has 0 saturated carbocycles. The van der Waals surface area contributed by atoms with E-state index in [1.54, 1.807) is 31.1 Å². The number of benzene rings is 2. The summed E-state index contributed by atoms with van der Waals surface area (Å²) in [6.07, 6.45) is -4.94. The first kappa shape index (κ1) is 25.0. The maximum atomic E-state index is 13.0. The van der Waals surface area contributed by atoms with Gasteiger partial charge in [-0.25, -0.2) is 13.1 Å². The van der Waals surface area contributed by atoms with E-state index in [1.807, 2.05) is 12.1 Å². The first-order valence-electron chi connectivity index (χ1n) is 9.25. The summed E-state index contributed by atoms with van der Waals surface area (Å²) < 4.78 is 70.8. The van der Waals surface area contributed by atoms with Crippen molar-refractivity contribution < 1.29 is 31.1 Å². The molecule has 0 aliphatic carbocycles. The van der Waals surface area contributed by atoms with Crippen LogP contribution in [0, 0.1) is 0 Å². The second-order valence-electron chi connectivity index (χ2n) is 6.54. The number of amides is 1. The van der Waals surface area contributed by atoms with E-state index in [-0.39, 0.29) is 18.9 Å². The van der Waals surface area contributed by atoms with E-state index in [1.165, 1.54) is 0 Å². The summed E-state index contributed by atoms with van der Waals surface area (Å²) in [5.74, 6) is 0.386. The zero-order valence-electron chi connectivity index (χ0n) is 16.9. The van der Waals surface area contributed by atoms with Crippen molar-refractivity contribution in [3.8, 4) is 5.75 Å². The fraction of sp³-hybridized carbons (Fsp3) is 0.350. The maximum absolute atomic E-state index is 13.0. The SMILES string of the molecule is CCN(Cc1ccc(OC)cc1)C(=O)CCNS(=O)(=O)c1ccc(Cl)c(C(F)(F)F)c1. The van der Waals surface area contributed by atoms with Gasteiger partial charge < -0.3 is 9.64 Å². The van der Waals surface area contributed by atoms with Crippen LogP contribution in [0.2, 0.25) is 5.02 Å². The fourth-order valence-electron chi connectivity index (χ4n) is 2.75. The predicted octanol–water partition coefficient (Wildman–Crippen LogP) is 4.08. The number of halogens is 4. The molecule has 0 spiro atoms. The third-order valence-corrected chi connectivity index (χ3v) is 6.24. The van der Waals surface area contributed by atoms with E-state index in [2.05, 4.69) is 4.72 Å². The van der Waals surface area contributed by atoms with E-state index in [0.29, 0.717) is 24.9 Å². The Bertz CT molecular complexity index is 1010. The van der Waals surface area contributed by atoms with Gasteiger partial charge in [0.05, 0.1) is 22.6 Å². The highest BCUT2D eigenvalue weighted by molar-refractivity contribution is 7.89. The molecule has 0 aliphatic rings. The van der Waals surface area contributed by atoms with Crippen molar-refractivity contribution in [1.29, 1.82) is 0 Å². The molecule has 11 heteroatoms. The van der Waals surface area contributed by atoms with Crippen molar-refractivity contribution in [2.45, 2.75) is 31.0 Å². The summed E-state index contributed by atoms with van der Waals surface area (Å²) in [5.41, 5.74) is -0.373. The molecule has 2 rings (SSSR count). The van der Waals surface area contributed by atoms with Crippen molar-refractivity contribution in [1.82, 2.24) is 9.62 Å². The highest BCUT2D eigenvalue weighted by Gasteiger charge is 2.34. The van der Waals surface area contributed by atoms with E-state index >= 15 is 0 Å². The minimum Gasteiger partial charge on any atom is -0.497 e. The number of hydrogen-bond acceptors (Lipinski definition) is 4. The number of ether oxygens (including phenoxy) is 1. The lowest BCUT2D eigenvalue weighted by molar-refractivity contribution is -0.137. The lowest BCUT2D eigenvalue weighted by Crippen LogP contribution is -2.34. The lowest BCUT2D eigenvalue weighted by Gasteiger charge is -2.21. The molecule has 0 atom stereocenters. The monoisotopic (exact) mass is 478 g/mol. The minimum absolute atomic E-state index is 0.150. The molecule has 2 aromatic carbocycles. The first-order chi connectivity index (χ1) is 14.5. The molecular formula is C20H22ClF3N2O4S. The first-order valence-corrected chi connectivity index (χ1v) is 11.1. The number of hydrogen-bond donors (Lipinski definition) is 1. The molecule has 0 bridgehead atoms. The molecule has 6 nitrogen and oxygen atoms in total. The predicted molar refractivity (Wildman–Crippen MR) is 110 cm³/mol. The average Bonchev–Trinajstić information content (AvgIpc) is 2.71. The molecule has 1 amide bonds. The summed E-state index contributed by atoms with van der Waals surface area (Å²) in [6.45, 7) is 2.27. The van der Waals surface area contributed by atoms with Crippen LogP contribution in [0.15, 0.2) is 47.4 Å². The van der Waals surface area contributed by atoms with Crippen LogP contribution in [0.4, 0.5) is 13.2 Å². The van der Waals surface area contributed by atoms with Crippen molar-refractivity contribution in [3.63, 3.8) is 0 Å². The van der Waals surface area contributed by atoms with Crippen LogP contribution in [-0.4, -0.2) is 39.4 Å². The van der Waals surface area contributed by atoms with Gasteiger partial charge in [-0.15, -0.1) is 0 Å². The van der Waals surface area contributed by atoms with Gasteiger partial charge in [0.2, 0.25) is 15.9 Å². The highest BCUT2D eigenvalue weighted by atomic mass is 35.5. The van der Waals surface area contributed by atoms with Crippen LogP contribution in [0.3, 0.4) is 0 Å². The topological polar surface area (TPSA) is 75.7 Å². The number of nitrogens with one attached hydrogen (secondary N) is 1. The van der Waals surface area contributed by atoms with Crippen LogP contribution in [-0.2, 0) is 27.5 Å². The molecule has 0 aromatic heterocycles. The maximum Gasteiger partial charge on any atom is 0.417 e. The highest BCUT2D eigenvalue weighted by Crippen LogP contribution is 2.35. The number of rotatable bonds is 9. The molecular weight excluding hydrogens is 457 g/mol. The third-order valence-electron chi connectivity index (χ3n) is 4.45. The van der Waals surface area contributed by atoms with E-state index in [9.17, 15) is 26.4 Å². The number of carbonyl (C=O) groups excluding carboxylic acids is 1. The van der Waals surface area contributed by atoms with Crippen LogP contribution in [0.25, 0.3) is 0 Å². The van der Waals surface area contributed by atoms with Crippen LogP contribution >= 0.6 is 11.6 Å². The quantitative estimate of drug-likeness (QED) is 0.589. The molecule has 2 aromatic rings. The van der Waals surface area contributed by atoms with Gasteiger partial charge >= 0.3 is 6.18 Å². The Balaban J connectivity index is 1.99. The van der Waals surface area contributed by atoms with E-state index in [4.69, 9.17) is 16.3 Å². The smallest absolute Gasteiger partial charge is 0.417 e. The van der Waals surface area contributed by atoms with Crippen molar-refractivity contribution in [2.24, 2.45) is 0 Å². The molecule has 0 radical (unpaired) electrons. The molecule has 31 heavy (non-hydrogen) atoms. The molecule has 1 N–H and O–H groups in total. The summed E-state index contributed by atoms with van der Waals surface area (Å²) in [7, 11) is -2.70. The molecule has 0 aliphatic heterocycles. The largest absolute Gasteiger partial charge is 0.497 e.